The van der Waals surface area contributed by atoms with Crippen LogP contribution in [0.3, 0.4) is 0 Å². The molecule has 2 aliphatic heterocycles. The molecule has 0 aromatic heterocycles. The van der Waals surface area contributed by atoms with Crippen LogP contribution < -0.4 is 0 Å². The second kappa shape index (κ2) is 7.75. The average molecular weight is 310 g/mol. The smallest absolute Gasteiger partial charge is 0.225 e. The Balaban J connectivity index is 1.41. The lowest BCUT2D eigenvalue weighted by molar-refractivity contribution is -0.143. The Labute approximate surface area is 133 Å². The first-order valence-electron chi connectivity index (χ1n) is 8.90. The van der Waals surface area contributed by atoms with E-state index in [-0.39, 0.29) is 18.1 Å². The van der Waals surface area contributed by atoms with Crippen molar-refractivity contribution >= 4 is 5.91 Å². The van der Waals surface area contributed by atoms with Crippen molar-refractivity contribution < 1.29 is 14.3 Å². The zero-order valence-corrected chi connectivity index (χ0v) is 13.8. The quantitative estimate of drug-likeness (QED) is 0.746. The maximum atomic E-state index is 12.5. The molecule has 0 radical (unpaired) electrons. The van der Waals surface area contributed by atoms with Crippen molar-refractivity contribution in [2.45, 2.75) is 50.7 Å². The number of nitrogens with zero attached hydrogens (tertiary/aromatic N) is 2. The Morgan fingerprint density at radius 3 is 2.64 bits per heavy atom. The van der Waals surface area contributed by atoms with Crippen LogP contribution in [0.4, 0.5) is 0 Å². The summed E-state index contributed by atoms with van der Waals surface area (Å²) in [6.07, 6.45) is 6.96. The summed E-state index contributed by atoms with van der Waals surface area (Å²) in [5.74, 6) is 1.14. The van der Waals surface area contributed by atoms with Crippen molar-refractivity contribution in [3.8, 4) is 0 Å². The van der Waals surface area contributed by atoms with Gasteiger partial charge < -0.3 is 19.3 Å². The molecular weight excluding hydrogens is 280 g/mol. The number of ether oxygens (including phenoxy) is 2. The van der Waals surface area contributed by atoms with Crippen LogP contribution in [0.2, 0.25) is 0 Å². The first-order valence-corrected chi connectivity index (χ1v) is 8.90. The standard InChI is InChI=1S/C17H30N2O3/c1-18(11-14-5-6-14)12-16-13-19(7-9-22-16)17(20)10-15-4-2-3-8-21-15/h14-16H,2-13H2,1H3/t15-,16-/m1/s1. The highest BCUT2D eigenvalue weighted by molar-refractivity contribution is 5.76. The number of carbonyl (C=O) groups excluding carboxylic acids is 1. The molecule has 1 saturated carbocycles. The summed E-state index contributed by atoms with van der Waals surface area (Å²) in [6, 6.07) is 0. The minimum absolute atomic E-state index is 0.139. The first-order chi connectivity index (χ1) is 10.7. The Kier molecular flexibility index (Phi) is 5.71. The van der Waals surface area contributed by atoms with Gasteiger partial charge in [0.15, 0.2) is 0 Å². The molecule has 2 saturated heterocycles. The number of carbonyl (C=O) groups is 1. The third-order valence-electron chi connectivity index (χ3n) is 4.95. The Morgan fingerprint density at radius 1 is 1.09 bits per heavy atom. The summed E-state index contributed by atoms with van der Waals surface area (Å²) < 4.78 is 11.5. The fraction of sp³-hybridized carbons (Fsp3) is 0.941. The molecular formula is C17H30N2O3. The van der Waals surface area contributed by atoms with Gasteiger partial charge in [-0.15, -0.1) is 0 Å². The summed E-state index contributed by atoms with van der Waals surface area (Å²) in [6.45, 7) is 5.05. The zero-order valence-electron chi connectivity index (χ0n) is 13.8. The van der Waals surface area contributed by atoms with Crippen LogP contribution in [0, 0.1) is 5.92 Å². The molecule has 2 heterocycles. The van der Waals surface area contributed by atoms with Gasteiger partial charge in [0.05, 0.1) is 25.2 Å². The van der Waals surface area contributed by atoms with Crippen molar-refractivity contribution in [3.63, 3.8) is 0 Å². The van der Waals surface area contributed by atoms with E-state index in [0.717, 1.165) is 45.0 Å². The molecule has 0 N–H and O–H groups in total. The van der Waals surface area contributed by atoms with Gasteiger partial charge >= 0.3 is 0 Å². The molecule has 1 aliphatic carbocycles. The molecule has 5 heteroatoms. The van der Waals surface area contributed by atoms with E-state index in [0.29, 0.717) is 13.0 Å². The highest BCUT2D eigenvalue weighted by Gasteiger charge is 2.29. The highest BCUT2D eigenvalue weighted by Crippen LogP contribution is 2.29. The minimum atomic E-state index is 0.139. The van der Waals surface area contributed by atoms with Gasteiger partial charge in [0.2, 0.25) is 5.91 Å². The third kappa shape index (κ3) is 4.93. The van der Waals surface area contributed by atoms with E-state index in [9.17, 15) is 4.79 Å². The lowest BCUT2D eigenvalue weighted by Gasteiger charge is -2.35. The molecule has 0 unspecified atom stereocenters. The molecule has 3 aliphatic rings. The summed E-state index contributed by atoms with van der Waals surface area (Å²) in [5, 5.41) is 0. The van der Waals surface area contributed by atoms with Crippen molar-refractivity contribution in [3.05, 3.63) is 0 Å². The maximum Gasteiger partial charge on any atom is 0.225 e. The third-order valence-corrected chi connectivity index (χ3v) is 4.95. The largest absolute Gasteiger partial charge is 0.378 e. The molecule has 22 heavy (non-hydrogen) atoms. The van der Waals surface area contributed by atoms with E-state index >= 15 is 0 Å². The molecule has 2 atom stereocenters. The normalized spacial score (nSPS) is 29.8. The van der Waals surface area contributed by atoms with Gasteiger partial charge in [0.1, 0.15) is 0 Å². The summed E-state index contributed by atoms with van der Waals surface area (Å²) in [5.41, 5.74) is 0. The predicted octanol–water partition coefficient (Wildman–Crippen LogP) is 1.51. The van der Waals surface area contributed by atoms with Gasteiger partial charge in [-0.05, 0) is 45.1 Å². The number of hydrogen-bond acceptors (Lipinski definition) is 4. The van der Waals surface area contributed by atoms with Crippen LogP contribution in [0.5, 0.6) is 0 Å². The lowest BCUT2D eigenvalue weighted by atomic mass is 10.1. The van der Waals surface area contributed by atoms with E-state index in [4.69, 9.17) is 9.47 Å². The van der Waals surface area contributed by atoms with Crippen LogP contribution in [-0.4, -0.2) is 74.4 Å². The summed E-state index contributed by atoms with van der Waals surface area (Å²) >= 11 is 0. The zero-order chi connectivity index (χ0) is 15.4. The summed E-state index contributed by atoms with van der Waals surface area (Å²) in [4.78, 5) is 16.8. The van der Waals surface area contributed by atoms with Crippen molar-refractivity contribution in [2.75, 3.05) is 46.4 Å². The molecule has 3 fully saturated rings. The van der Waals surface area contributed by atoms with E-state index in [1.165, 1.54) is 25.8 Å². The van der Waals surface area contributed by atoms with Crippen LogP contribution >= 0.6 is 0 Å². The van der Waals surface area contributed by atoms with E-state index in [1.54, 1.807) is 0 Å². The average Bonchev–Trinajstić information content (AvgIpc) is 3.32. The molecule has 126 valence electrons. The van der Waals surface area contributed by atoms with Crippen molar-refractivity contribution in [1.29, 1.82) is 0 Å². The Hall–Kier alpha value is -0.650. The van der Waals surface area contributed by atoms with Crippen molar-refractivity contribution in [2.24, 2.45) is 5.92 Å². The number of rotatable bonds is 6. The van der Waals surface area contributed by atoms with Gasteiger partial charge in [-0.2, -0.15) is 0 Å². The highest BCUT2D eigenvalue weighted by atomic mass is 16.5. The van der Waals surface area contributed by atoms with E-state index in [1.807, 2.05) is 4.90 Å². The van der Waals surface area contributed by atoms with Gasteiger partial charge in [-0.25, -0.2) is 0 Å². The number of morpholine rings is 1. The monoisotopic (exact) mass is 310 g/mol. The molecule has 1 amide bonds. The minimum Gasteiger partial charge on any atom is -0.378 e. The second-order valence-electron chi connectivity index (χ2n) is 7.19. The van der Waals surface area contributed by atoms with Gasteiger partial charge in [0.25, 0.3) is 0 Å². The maximum absolute atomic E-state index is 12.5. The topological polar surface area (TPSA) is 42.0 Å². The summed E-state index contributed by atoms with van der Waals surface area (Å²) in [7, 11) is 2.16. The van der Waals surface area contributed by atoms with Crippen LogP contribution in [0.25, 0.3) is 0 Å². The number of amides is 1. The molecule has 5 nitrogen and oxygen atoms in total. The number of likely N-dealkylation sites (N-methyl/N-ethyl adjacent to an activating group) is 1. The lowest BCUT2D eigenvalue weighted by Crippen LogP contribution is -2.50. The molecule has 3 rings (SSSR count). The fourth-order valence-electron chi connectivity index (χ4n) is 3.51. The van der Waals surface area contributed by atoms with E-state index in [2.05, 4.69) is 11.9 Å². The Bertz CT molecular complexity index is 367. The predicted molar refractivity (Wildman–Crippen MR) is 84.7 cm³/mol. The number of hydrogen-bond donors (Lipinski definition) is 0. The molecule has 0 aromatic carbocycles. The van der Waals surface area contributed by atoms with Crippen LogP contribution in [0.15, 0.2) is 0 Å². The second-order valence-corrected chi connectivity index (χ2v) is 7.19. The van der Waals surface area contributed by atoms with Gasteiger partial charge in [-0.1, -0.05) is 0 Å². The molecule has 0 bridgehead atoms. The fourth-order valence-corrected chi connectivity index (χ4v) is 3.51. The Morgan fingerprint density at radius 2 is 1.91 bits per heavy atom. The van der Waals surface area contributed by atoms with E-state index < -0.39 is 0 Å². The molecule has 0 aromatic rings. The van der Waals surface area contributed by atoms with Crippen molar-refractivity contribution in [1.82, 2.24) is 9.80 Å². The SMILES string of the molecule is CN(CC1CC1)C[C@@H]1CN(C(=O)C[C@H]2CCCCO2)CCO1. The first kappa shape index (κ1) is 16.2. The molecule has 0 spiro atoms. The van der Waals surface area contributed by atoms with Crippen LogP contribution in [0.1, 0.15) is 38.5 Å². The van der Waals surface area contributed by atoms with Crippen LogP contribution in [-0.2, 0) is 14.3 Å². The van der Waals surface area contributed by atoms with Gasteiger partial charge in [0, 0.05) is 32.8 Å². The van der Waals surface area contributed by atoms with Gasteiger partial charge in [-0.3, -0.25) is 4.79 Å².